The van der Waals surface area contributed by atoms with E-state index in [0.717, 1.165) is 16.7 Å². The Bertz CT molecular complexity index is 667. The van der Waals surface area contributed by atoms with E-state index in [-0.39, 0.29) is 5.91 Å². The molecule has 0 unspecified atom stereocenters. The van der Waals surface area contributed by atoms with E-state index in [1.807, 2.05) is 48.8 Å². The van der Waals surface area contributed by atoms with Gasteiger partial charge in [-0.05, 0) is 47.1 Å². The molecule has 0 atom stereocenters. The molecule has 1 aromatic heterocycles. The highest BCUT2D eigenvalue weighted by molar-refractivity contribution is 9.10. The Morgan fingerprint density at radius 1 is 1.38 bits per heavy atom. The lowest BCUT2D eigenvalue weighted by molar-refractivity contribution is 0.101. The maximum absolute atomic E-state index is 12.3. The molecule has 2 rings (SSSR count). The van der Waals surface area contributed by atoms with Gasteiger partial charge >= 0.3 is 0 Å². The van der Waals surface area contributed by atoms with Crippen LogP contribution in [0, 0.1) is 0 Å². The maximum Gasteiger partial charge on any atom is 0.272 e. The standard InChI is InChI=1S/C15H17BrClN3O/c1-4-20-9-10(16)7-14(20)15(21)18-11-5-6-13(19(2)3)12(17)8-11/h5-9H,4H2,1-3H3,(H,18,21). The number of nitrogens with one attached hydrogen (secondary N) is 1. The van der Waals surface area contributed by atoms with Crippen LogP contribution < -0.4 is 10.2 Å². The van der Waals surface area contributed by atoms with E-state index < -0.39 is 0 Å². The van der Waals surface area contributed by atoms with Crippen molar-refractivity contribution in [2.24, 2.45) is 0 Å². The van der Waals surface area contributed by atoms with Crippen LogP contribution in [0.4, 0.5) is 11.4 Å². The van der Waals surface area contributed by atoms with Gasteiger partial charge < -0.3 is 14.8 Å². The first kappa shape index (κ1) is 15.9. The fourth-order valence-electron chi connectivity index (χ4n) is 2.07. The van der Waals surface area contributed by atoms with E-state index in [4.69, 9.17) is 11.6 Å². The summed E-state index contributed by atoms with van der Waals surface area (Å²) in [6.07, 6.45) is 1.89. The monoisotopic (exact) mass is 369 g/mol. The lowest BCUT2D eigenvalue weighted by atomic mass is 10.2. The van der Waals surface area contributed by atoms with Crippen LogP contribution in [0.5, 0.6) is 0 Å². The minimum atomic E-state index is -0.156. The molecule has 112 valence electrons. The van der Waals surface area contributed by atoms with E-state index in [1.165, 1.54) is 0 Å². The van der Waals surface area contributed by atoms with Crippen molar-refractivity contribution in [3.63, 3.8) is 0 Å². The Morgan fingerprint density at radius 2 is 2.10 bits per heavy atom. The number of hydrogen-bond donors (Lipinski definition) is 1. The van der Waals surface area contributed by atoms with Crippen LogP contribution in [0.25, 0.3) is 0 Å². The molecule has 2 aromatic rings. The molecule has 0 bridgehead atoms. The average Bonchev–Trinajstić information content (AvgIpc) is 2.79. The molecular formula is C15H17BrClN3O. The summed E-state index contributed by atoms with van der Waals surface area (Å²) in [5.74, 6) is -0.156. The van der Waals surface area contributed by atoms with Gasteiger partial charge in [0.15, 0.2) is 0 Å². The molecule has 0 fully saturated rings. The highest BCUT2D eigenvalue weighted by atomic mass is 79.9. The van der Waals surface area contributed by atoms with Gasteiger partial charge in [-0.1, -0.05) is 11.6 Å². The zero-order chi connectivity index (χ0) is 15.6. The molecule has 21 heavy (non-hydrogen) atoms. The van der Waals surface area contributed by atoms with Crippen LogP contribution in [0.2, 0.25) is 5.02 Å². The van der Waals surface area contributed by atoms with Crippen LogP contribution >= 0.6 is 27.5 Å². The summed E-state index contributed by atoms with van der Waals surface area (Å²) in [5, 5.41) is 3.47. The van der Waals surface area contributed by atoms with Crippen molar-refractivity contribution in [2.45, 2.75) is 13.5 Å². The Morgan fingerprint density at radius 3 is 2.67 bits per heavy atom. The second-order valence-electron chi connectivity index (χ2n) is 4.84. The largest absolute Gasteiger partial charge is 0.376 e. The van der Waals surface area contributed by atoms with Crippen LogP contribution in [-0.2, 0) is 6.54 Å². The zero-order valence-corrected chi connectivity index (χ0v) is 14.5. The predicted octanol–water partition coefficient (Wildman–Crippen LogP) is 4.24. The predicted molar refractivity (Wildman–Crippen MR) is 91.5 cm³/mol. The van der Waals surface area contributed by atoms with Crippen LogP contribution in [0.3, 0.4) is 0 Å². The van der Waals surface area contributed by atoms with Gasteiger partial charge in [-0.2, -0.15) is 0 Å². The first-order valence-electron chi connectivity index (χ1n) is 6.56. The second-order valence-corrected chi connectivity index (χ2v) is 6.17. The Labute approximate surface area is 137 Å². The summed E-state index contributed by atoms with van der Waals surface area (Å²) >= 11 is 9.60. The van der Waals surface area contributed by atoms with Crippen molar-refractivity contribution in [1.82, 2.24) is 4.57 Å². The molecule has 0 aliphatic heterocycles. The minimum absolute atomic E-state index is 0.156. The molecule has 1 aromatic carbocycles. The van der Waals surface area contributed by atoms with E-state index >= 15 is 0 Å². The highest BCUT2D eigenvalue weighted by Crippen LogP contribution is 2.27. The molecule has 0 aliphatic carbocycles. The van der Waals surface area contributed by atoms with E-state index in [9.17, 15) is 4.79 Å². The third-order valence-electron chi connectivity index (χ3n) is 3.12. The zero-order valence-electron chi connectivity index (χ0n) is 12.2. The number of benzene rings is 1. The molecule has 0 aliphatic rings. The minimum Gasteiger partial charge on any atom is -0.376 e. The number of aryl methyl sites for hydroxylation is 1. The molecule has 0 spiro atoms. The van der Waals surface area contributed by atoms with Gasteiger partial charge in [-0.25, -0.2) is 0 Å². The number of nitrogens with zero attached hydrogens (tertiary/aromatic N) is 2. The first-order chi connectivity index (χ1) is 9.92. The fraction of sp³-hybridized carbons (Fsp3) is 0.267. The summed E-state index contributed by atoms with van der Waals surface area (Å²) in [6, 6.07) is 7.28. The highest BCUT2D eigenvalue weighted by Gasteiger charge is 2.13. The van der Waals surface area contributed by atoms with Crippen molar-refractivity contribution in [3.05, 3.63) is 45.7 Å². The van der Waals surface area contributed by atoms with Crippen molar-refractivity contribution < 1.29 is 4.79 Å². The van der Waals surface area contributed by atoms with Crippen LogP contribution in [-0.4, -0.2) is 24.6 Å². The fourth-order valence-corrected chi connectivity index (χ4v) is 2.88. The molecule has 1 heterocycles. The van der Waals surface area contributed by atoms with Gasteiger partial charge in [-0.15, -0.1) is 0 Å². The normalized spacial score (nSPS) is 10.5. The summed E-state index contributed by atoms with van der Waals surface area (Å²) in [4.78, 5) is 14.3. The first-order valence-corrected chi connectivity index (χ1v) is 7.73. The third kappa shape index (κ3) is 3.60. The Balaban J connectivity index is 2.21. The average molecular weight is 371 g/mol. The molecular weight excluding hydrogens is 354 g/mol. The number of hydrogen-bond acceptors (Lipinski definition) is 2. The SMILES string of the molecule is CCn1cc(Br)cc1C(=O)Nc1ccc(N(C)C)c(Cl)c1. The smallest absolute Gasteiger partial charge is 0.272 e. The number of aromatic nitrogens is 1. The number of carbonyl (C=O) groups is 1. The molecule has 6 heteroatoms. The number of amides is 1. The van der Waals surface area contributed by atoms with Crippen molar-refractivity contribution >= 4 is 44.8 Å². The number of halogens is 2. The number of carbonyl (C=O) groups excluding carboxylic acids is 1. The molecule has 1 N–H and O–H groups in total. The number of rotatable bonds is 4. The summed E-state index contributed by atoms with van der Waals surface area (Å²) in [7, 11) is 3.84. The lowest BCUT2D eigenvalue weighted by Crippen LogP contribution is -2.16. The third-order valence-corrected chi connectivity index (χ3v) is 3.86. The Kier molecular flexibility index (Phi) is 4.96. The van der Waals surface area contributed by atoms with E-state index in [0.29, 0.717) is 16.4 Å². The van der Waals surface area contributed by atoms with Gasteiger partial charge in [0.25, 0.3) is 5.91 Å². The van der Waals surface area contributed by atoms with Gasteiger partial charge in [0.05, 0.1) is 10.7 Å². The van der Waals surface area contributed by atoms with E-state index in [1.54, 1.807) is 12.1 Å². The summed E-state index contributed by atoms with van der Waals surface area (Å²) in [6.45, 7) is 2.72. The maximum atomic E-state index is 12.3. The quantitative estimate of drug-likeness (QED) is 0.874. The lowest BCUT2D eigenvalue weighted by Gasteiger charge is -2.15. The molecule has 0 saturated heterocycles. The molecule has 4 nitrogen and oxygen atoms in total. The van der Waals surface area contributed by atoms with Crippen molar-refractivity contribution in [2.75, 3.05) is 24.3 Å². The second kappa shape index (κ2) is 6.54. The van der Waals surface area contributed by atoms with Crippen molar-refractivity contribution in [1.29, 1.82) is 0 Å². The Hall–Kier alpha value is -1.46. The molecule has 1 amide bonds. The number of anilines is 2. The van der Waals surface area contributed by atoms with Crippen LogP contribution in [0.15, 0.2) is 34.9 Å². The van der Waals surface area contributed by atoms with Crippen molar-refractivity contribution in [3.8, 4) is 0 Å². The summed E-state index contributed by atoms with van der Waals surface area (Å²) < 4.78 is 2.77. The van der Waals surface area contributed by atoms with Gasteiger partial charge in [-0.3, -0.25) is 4.79 Å². The molecule has 0 saturated carbocycles. The summed E-state index contributed by atoms with van der Waals surface area (Å²) in [5.41, 5.74) is 2.20. The molecule has 0 radical (unpaired) electrons. The van der Waals surface area contributed by atoms with Gasteiger partial charge in [0.1, 0.15) is 5.69 Å². The van der Waals surface area contributed by atoms with E-state index in [2.05, 4.69) is 21.2 Å². The van der Waals surface area contributed by atoms with Gasteiger partial charge in [0, 0.05) is 37.0 Å². The van der Waals surface area contributed by atoms with Crippen LogP contribution in [0.1, 0.15) is 17.4 Å². The topological polar surface area (TPSA) is 37.3 Å². The van der Waals surface area contributed by atoms with Gasteiger partial charge in [0.2, 0.25) is 0 Å².